The van der Waals surface area contributed by atoms with Crippen molar-refractivity contribution < 1.29 is 5.21 Å². The van der Waals surface area contributed by atoms with Crippen molar-refractivity contribution in [3.05, 3.63) is 17.7 Å². The maximum Gasteiger partial charge on any atom is 0.144 e. The third-order valence-corrected chi connectivity index (χ3v) is 4.11. The minimum Gasteiger partial charge on any atom is -0.409 e. The molecule has 0 amide bonds. The van der Waals surface area contributed by atoms with Gasteiger partial charge in [-0.1, -0.05) is 19.0 Å². The number of hydrogen-bond acceptors (Lipinski definition) is 3. The number of imidazole rings is 1. The second kappa shape index (κ2) is 5.63. The fourth-order valence-electron chi connectivity index (χ4n) is 2.68. The largest absolute Gasteiger partial charge is 0.409 e. The van der Waals surface area contributed by atoms with Crippen LogP contribution in [0.5, 0.6) is 0 Å². The molecule has 5 heteroatoms. The third kappa shape index (κ3) is 3.08. The number of amidine groups is 1. The molecule has 0 bridgehead atoms. The van der Waals surface area contributed by atoms with E-state index in [-0.39, 0.29) is 5.41 Å². The van der Waals surface area contributed by atoms with Gasteiger partial charge < -0.3 is 15.5 Å². The number of oxime groups is 1. The standard InChI is InChI=1S/C14H24N4O/c1-14(2,13(15)17-19)8-5-9-18-10-16-11-6-3-4-7-12(11)18/h10,19H,3-9H2,1-2H3,(H2,15,17). The van der Waals surface area contributed by atoms with Gasteiger partial charge in [-0.25, -0.2) is 4.98 Å². The Kier molecular flexibility index (Phi) is 4.12. The van der Waals surface area contributed by atoms with Crippen LogP contribution in [0.1, 0.15) is 50.9 Å². The summed E-state index contributed by atoms with van der Waals surface area (Å²) in [5.41, 5.74) is 8.14. The number of aromatic nitrogens is 2. The predicted octanol–water partition coefficient (Wildman–Crippen LogP) is 2.31. The Bertz CT molecular complexity index is 462. The van der Waals surface area contributed by atoms with Crippen LogP contribution < -0.4 is 5.73 Å². The molecule has 0 saturated carbocycles. The van der Waals surface area contributed by atoms with E-state index in [1.165, 1.54) is 24.2 Å². The van der Waals surface area contributed by atoms with Crippen LogP contribution in [0.4, 0.5) is 0 Å². The fraction of sp³-hybridized carbons (Fsp3) is 0.714. The Morgan fingerprint density at radius 3 is 2.95 bits per heavy atom. The van der Waals surface area contributed by atoms with Crippen molar-refractivity contribution in [2.45, 2.75) is 58.9 Å². The van der Waals surface area contributed by atoms with Gasteiger partial charge in [-0.05, 0) is 38.5 Å². The van der Waals surface area contributed by atoms with Crippen LogP contribution in [0.3, 0.4) is 0 Å². The Labute approximate surface area is 114 Å². The van der Waals surface area contributed by atoms with Crippen molar-refractivity contribution in [3.8, 4) is 0 Å². The number of nitrogens with zero attached hydrogens (tertiary/aromatic N) is 3. The summed E-state index contributed by atoms with van der Waals surface area (Å²) >= 11 is 0. The number of aryl methyl sites for hydroxylation is 2. The van der Waals surface area contributed by atoms with E-state index in [0.29, 0.717) is 5.84 Å². The van der Waals surface area contributed by atoms with Crippen molar-refractivity contribution >= 4 is 5.84 Å². The summed E-state index contributed by atoms with van der Waals surface area (Å²) in [6.07, 6.45) is 8.68. The van der Waals surface area contributed by atoms with E-state index < -0.39 is 0 Å². The van der Waals surface area contributed by atoms with E-state index in [1.54, 1.807) is 0 Å². The highest BCUT2D eigenvalue weighted by Crippen LogP contribution is 2.24. The van der Waals surface area contributed by atoms with Gasteiger partial charge in [0.05, 0.1) is 12.0 Å². The highest BCUT2D eigenvalue weighted by atomic mass is 16.4. The second-order valence-corrected chi connectivity index (χ2v) is 6.01. The minimum atomic E-state index is -0.255. The molecule has 1 heterocycles. The summed E-state index contributed by atoms with van der Waals surface area (Å²) < 4.78 is 2.27. The molecule has 3 N–H and O–H groups in total. The summed E-state index contributed by atoms with van der Waals surface area (Å²) in [6.45, 7) is 4.97. The lowest BCUT2D eigenvalue weighted by Crippen LogP contribution is -2.32. The molecule has 0 radical (unpaired) electrons. The summed E-state index contributed by atoms with van der Waals surface area (Å²) in [7, 11) is 0. The van der Waals surface area contributed by atoms with E-state index >= 15 is 0 Å². The molecule has 0 saturated heterocycles. The molecule has 1 aromatic heterocycles. The van der Waals surface area contributed by atoms with Gasteiger partial charge in [0, 0.05) is 17.7 Å². The molecule has 106 valence electrons. The first-order valence-electron chi connectivity index (χ1n) is 7.05. The zero-order valence-corrected chi connectivity index (χ0v) is 11.9. The molecule has 19 heavy (non-hydrogen) atoms. The number of nitrogens with two attached hydrogens (primary N) is 1. The molecule has 1 aliphatic rings. The molecule has 1 aromatic rings. The number of rotatable bonds is 5. The van der Waals surface area contributed by atoms with Crippen molar-refractivity contribution in [2.24, 2.45) is 16.3 Å². The smallest absolute Gasteiger partial charge is 0.144 e. The normalized spacial score (nSPS) is 16.4. The average Bonchev–Trinajstić information content (AvgIpc) is 2.81. The summed E-state index contributed by atoms with van der Waals surface area (Å²) in [5.74, 6) is 0.306. The van der Waals surface area contributed by atoms with Crippen molar-refractivity contribution in [2.75, 3.05) is 0 Å². The van der Waals surface area contributed by atoms with Crippen LogP contribution in [-0.4, -0.2) is 20.6 Å². The van der Waals surface area contributed by atoms with E-state index in [9.17, 15) is 0 Å². The topological polar surface area (TPSA) is 76.4 Å². The third-order valence-electron chi connectivity index (χ3n) is 4.11. The molecule has 0 atom stereocenters. The molecule has 1 aliphatic carbocycles. The summed E-state index contributed by atoms with van der Waals surface area (Å²) in [4.78, 5) is 4.50. The van der Waals surface area contributed by atoms with Gasteiger partial charge in [-0.3, -0.25) is 0 Å². The predicted molar refractivity (Wildman–Crippen MR) is 75.3 cm³/mol. The van der Waals surface area contributed by atoms with E-state index in [1.807, 2.05) is 20.2 Å². The molecule has 2 rings (SSSR count). The SMILES string of the molecule is CC(C)(CCCn1cnc2c1CCCC2)C(N)=NO. The van der Waals surface area contributed by atoms with Gasteiger partial charge in [0.2, 0.25) is 0 Å². The Balaban J connectivity index is 1.91. The highest BCUT2D eigenvalue weighted by Gasteiger charge is 2.23. The zero-order valence-electron chi connectivity index (χ0n) is 11.9. The molecule has 5 nitrogen and oxygen atoms in total. The molecule has 0 spiro atoms. The lowest BCUT2D eigenvalue weighted by atomic mass is 9.86. The monoisotopic (exact) mass is 264 g/mol. The average molecular weight is 264 g/mol. The van der Waals surface area contributed by atoms with Gasteiger partial charge in [0.1, 0.15) is 5.84 Å². The highest BCUT2D eigenvalue weighted by molar-refractivity contribution is 5.85. The van der Waals surface area contributed by atoms with Crippen molar-refractivity contribution in [1.29, 1.82) is 0 Å². The van der Waals surface area contributed by atoms with Crippen LogP contribution in [0.15, 0.2) is 11.5 Å². The summed E-state index contributed by atoms with van der Waals surface area (Å²) in [6, 6.07) is 0. The molecule has 0 aromatic carbocycles. The first-order valence-corrected chi connectivity index (χ1v) is 7.05. The lowest BCUT2D eigenvalue weighted by Gasteiger charge is -2.23. The van der Waals surface area contributed by atoms with Gasteiger partial charge >= 0.3 is 0 Å². The van der Waals surface area contributed by atoms with Crippen LogP contribution in [0.2, 0.25) is 0 Å². The van der Waals surface area contributed by atoms with Crippen LogP contribution in [0, 0.1) is 5.41 Å². The van der Waals surface area contributed by atoms with Gasteiger partial charge in [0.15, 0.2) is 0 Å². The first kappa shape index (κ1) is 13.9. The quantitative estimate of drug-likeness (QED) is 0.371. The second-order valence-electron chi connectivity index (χ2n) is 6.01. The van der Waals surface area contributed by atoms with Gasteiger partial charge in [-0.15, -0.1) is 0 Å². The first-order chi connectivity index (χ1) is 9.04. The number of fused-ring (bicyclic) bond motifs is 1. The van der Waals surface area contributed by atoms with E-state index in [2.05, 4.69) is 14.7 Å². The Hall–Kier alpha value is -1.52. The number of hydrogen-bond donors (Lipinski definition) is 2. The molecule has 0 fully saturated rings. The van der Waals surface area contributed by atoms with Gasteiger partial charge in [0.25, 0.3) is 0 Å². The Morgan fingerprint density at radius 2 is 2.21 bits per heavy atom. The van der Waals surface area contributed by atoms with Crippen LogP contribution >= 0.6 is 0 Å². The maximum atomic E-state index is 8.76. The fourth-order valence-corrected chi connectivity index (χ4v) is 2.68. The summed E-state index contributed by atoms with van der Waals surface area (Å²) in [5, 5.41) is 11.9. The minimum absolute atomic E-state index is 0.255. The molecular formula is C14H24N4O. The van der Waals surface area contributed by atoms with Gasteiger partial charge in [-0.2, -0.15) is 0 Å². The zero-order chi connectivity index (χ0) is 13.9. The van der Waals surface area contributed by atoms with E-state index in [4.69, 9.17) is 10.9 Å². The van der Waals surface area contributed by atoms with Crippen LogP contribution in [0.25, 0.3) is 0 Å². The molecule has 0 unspecified atom stereocenters. The van der Waals surface area contributed by atoms with Crippen molar-refractivity contribution in [3.63, 3.8) is 0 Å². The lowest BCUT2D eigenvalue weighted by molar-refractivity contribution is 0.303. The Morgan fingerprint density at radius 1 is 1.47 bits per heavy atom. The van der Waals surface area contributed by atoms with E-state index in [0.717, 1.165) is 32.2 Å². The van der Waals surface area contributed by atoms with Crippen molar-refractivity contribution in [1.82, 2.24) is 9.55 Å². The molecule has 0 aliphatic heterocycles. The van der Waals surface area contributed by atoms with Crippen LogP contribution in [-0.2, 0) is 19.4 Å². The maximum absolute atomic E-state index is 8.76. The molecular weight excluding hydrogens is 240 g/mol.